The van der Waals surface area contributed by atoms with Crippen LogP contribution >= 0.6 is 11.3 Å². The molecular formula is C20H22N4O4S. The lowest BCUT2D eigenvalue weighted by Crippen LogP contribution is -2.32. The number of nitrogens with zero attached hydrogens (tertiary/aromatic N) is 2. The number of hydrogen-bond acceptors (Lipinski definition) is 7. The summed E-state index contributed by atoms with van der Waals surface area (Å²) in [6.45, 7) is 4.11. The third-order valence-corrected chi connectivity index (χ3v) is 5.68. The van der Waals surface area contributed by atoms with Crippen molar-refractivity contribution >= 4 is 40.3 Å². The van der Waals surface area contributed by atoms with Crippen molar-refractivity contribution in [2.24, 2.45) is 11.0 Å². The van der Waals surface area contributed by atoms with E-state index in [0.717, 1.165) is 35.3 Å². The molecule has 29 heavy (non-hydrogen) atoms. The van der Waals surface area contributed by atoms with Crippen molar-refractivity contribution in [3.63, 3.8) is 0 Å². The Balaban J connectivity index is 1.72. The molecule has 0 fully saturated rings. The number of anilines is 1. The van der Waals surface area contributed by atoms with Crippen LogP contribution in [0.4, 0.5) is 5.00 Å². The summed E-state index contributed by atoms with van der Waals surface area (Å²) < 4.78 is 5.16. The molecule has 2 heterocycles. The molecule has 152 valence electrons. The summed E-state index contributed by atoms with van der Waals surface area (Å²) in [5.74, 6) is -1.80. The second-order valence-electron chi connectivity index (χ2n) is 6.71. The smallest absolute Gasteiger partial charge is 0.341 e. The highest BCUT2D eigenvalue weighted by Crippen LogP contribution is 2.40. The van der Waals surface area contributed by atoms with Gasteiger partial charge in [-0.15, -0.1) is 11.3 Å². The number of amides is 2. The minimum atomic E-state index is -0.926. The summed E-state index contributed by atoms with van der Waals surface area (Å²) in [5.41, 5.74) is 4.18. The van der Waals surface area contributed by atoms with Gasteiger partial charge < -0.3 is 10.1 Å². The number of thiophene rings is 1. The number of rotatable bonds is 5. The van der Waals surface area contributed by atoms with Crippen LogP contribution in [0.15, 0.2) is 29.6 Å². The molecule has 0 saturated heterocycles. The van der Waals surface area contributed by atoms with E-state index in [1.807, 2.05) is 0 Å². The molecule has 2 amide bonds. The van der Waals surface area contributed by atoms with Crippen LogP contribution in [0.25, 0.3) is 0 Å². The quantitative estimate of drug-likeness (QED) is 0.338. The lowest BCUT2D eigenvalue weighted by molar-refractivity contribution is -0.136. The van der Waals surface area contributed by atoms with E-state index >= 15 is 0 Å². The summed E-state index contributed by atoms with van der Waals surface area (Å²) in [6, 6.07) is 3.41. The van der Waals surface area contributed by atoms with Gasteiger partial charge in [0.1, 0.15) is 5.00 Å². The lowest BCUT2D eigenvalue weighted by Gasteiger charge is -2.18. The number of fused-ring (bicyclic) bond motifs is 1. The number of carbonyl (C=O) groups is 3. The minimum Gasteiger partial charge on any atom is -0.462 e. The number of ether oxygens (including phenoxy) is 1. The van der Waals surface area contributed by atoms with Gasteiger partial charge in [-0.25, -0.2) is 10.2 Å². The molecule has 1 atom stereocenters. The molecule has 0 unspecified atom stereocenters. The van der Waals surface area contributed by atoms with Gasteiger partial charge in [0, 0.05) is 17.3 Å². The van der Waals surface area contributed by atoms with Crippen LogP contribution in [-0.2, 0) is 27.2 Å². The predicted octanol–water partition coefficient (Wildman–Crippen LogP) is 2.53. The second-order valence-corrected chi connectivity index (χ2v) is 7.82. The first-order chi connectivity index (χ1) is 14.0. The molecular weight excluding hydrogens is 392 g/mol. The normalized spacial score (nSPS) is 15.6. The molecule has 0 spiro atoms. The molecule has 9 heteroatoms. The Hall–Kier alpha value is -3.07. The van der Waals surface area contributed by atoms with E-state index in [-0.39, 0.29) is 6.61 Å². The molecule has 0 bridgehead atoms. The molecule has 0 aromatic carbocycles. The first-order valence-corrected chi connectivity index (χ1v) is 10.2. The Morgan fingerprint density at radius 1 is 1.31 bits per heavy atom. The Morgan fingerprint density at radius 2 is 2.07 bits per heavy atom. The van der Waals surface area contributed by atoms with Gasteiger partial charge in [-0.05, 0) is 55.4 Å². The van der Waals surface area contributed by atoms with E-state index in [0.29, 0.717) is 16.5 Å². The highest BCUT2D eigenvalue weighted by atomic mass is 32.1. The lowest BCUT2D eigenvalue weighted by atomic mass is 9.88. The van der Waals surface area contributed by atoms with Gasteiger partial charge in [-0.1, -0.05) is 6.92 Å². The molecule has 1 aliphatic carbocycles. The molecule has 1 aliphatic rings. The van der Waals surface area contributed by atoms with E-state index in [4.69, 9.17) is 4.74 Å². The van der Waals surface area contributed by atoms with Gasteiger partial charge in [0.05, 0.1) is 18.4 Å². The number of pyridine rings is 1. The van der Waals surface area contributed by atoms with Gasteiger partial charge in [0.25, 0.3) is 0 Å². The first-order valence-electron chi connectivity index (χ1n) is 9.35. The third-order valence-electron chi connectivity index (χ3n) is 4.51. The molecule has 2 aromatic rings. The number of aromatic nitrogens is 1. The average Bonchev–Trinajstić information content (AvgIpc) is 3.05. The first kappa shape index (κ1) is 20.7. The van der Waals surface area contributed by atoms with Gasteiger partial charge in [-0.2, -0.15) is 5.10 Å². The largest absolute Gasteiger partial charge is 0.462 e. The Kier molecular flexibility index (Phi) is 6.71. The predicted molar refractivity (Wildman–Crippen MR) is 110 cm³/mol. The zero-order valence-electron chi connectivity index (χ0n) is 16.2. The summed E-state index contributed by atoms with van der Waals surface area (Å²) in [6.07, 6.45) is 7.14. The van der Waals surface area contributed by atoms with Gasteiger partial charge in [-0.3, -0.25) is 14.6 Å². The van der Waals surface area contributed by atoms with Crippen LogP contribution in [0.5, 0.6) is 0 Å². The van der Waals surface area contributed by atoms with E-state index < -0.39 is 17.8 Å². The molecule has 3 rings (SSSR count). The zero-order chi connectivity index (χ0) is 20.8. The summed E-state index contributed by atoms with van der Waals surface area (Å²) in [7, 11) is 0. The average molecular weight is 414 g/mol. The molecule has 0 saturated carbocycles. The van der Waals surface area contributed by atoms with E-state index in [2.05, 4.69) is 27.8 Å². The molecule has 0 aliphatic heterocycles. The van der Waals surface area contributed by atoms with Crippen molar-refractivity contribution in [3.05, 3.63) is 46.1 Å². The van der Waals surface area contributed by atoms with Crippen LogP contribution in [-0.4, -0.2) is 35.6 Å². The summed E-state index contributed by atoms with van der Waals surface area (Å²) >= 11 is 1.33. The topological polar surface area (TPSA) is 110 Å². The van der Waals surface area contributed by atoms with Crippen LogP contribution in [0.1, 0.15) is 46.6 Å². The number of hydrazone groups is 1. The van der Waals surface area contributed by atoms with Crippen LogP contribution in [0.2, 0.25) is 0 Å². The van der Waals surface area contributed by atoms with Gasteiger partial charge >= 0.3 is 17.8 Å². The number of carbonyl (C=O) groups excluding carboxylic acids is 3. The zero-order valence-corrected chi connectivity index (χ0v) is 17.0. The highest BCUT2D eigenvalue weighted by molar-refractivity contribution is 7.17. The number of nitrogens with one attached hydrogen (secondary N) is 2. The van der Waals surface area contributed by atoms with Crippen molar-refractivity contribution in [1.29, 1.82) is 0 Å². The van der Waals surface area contributed by atoms with E-state index in [1.54, 1.807) is 31.5 Å². The molecule has 8 nitrogen and oxygen atoms in total. The Morgan fingerprint density at radius 3 is 2.79 bits per heavy atom. The SMILES string of the molecule is CCOC(=O)c1c(NC(=O)C(=O)N/N=C\c2ccncc2)sc2c1CC[C@@H](C)C2. The fourth-order valence-corrected chi connectivity index (χ4v) is 4.48. The fourth-order valence-electron chi connectivity index (χ4n) is 3.08. The number of esters is 1. The van der Waals surface area contributed by atoms with Crippen molar-refractivity contribution in [2.45, 2.75) is 33.1 Å². The van der Waals surface area contributed by atoms with Gasteiger partial charge in [0.2, 0.25) is 0 Å². The third kappa shape index (κ3) is 5.05. The summed E-state index contributed by atoms with van der Waals surface area (Å²) in [4.78, 5) is 41.8. The molecule has 2 aromatic heterocycles. The highest BCUT2D eigenvalue weighted by Gasteiger charge is 2.30. The van der Waals surface area contributed by atoms with E-state index in [1.165, 1.54) is 17.6 Å². The standard InChI is InChI=1S/C20H22N4O4S/c1-3-28-20(27)16-14-5-4-12(2)10-15(14)29-19(16)23-17(25)18(26)24-22-11-13-6-8-21-9-7-13/h6-9,11-12H,3-5,10H2,1-2H3,(H,23,25)(H,24,26)/b22-11-/t12-/m1/s1. The fraction of sp³-hybridized carbons (Fsp3) is 0.350. The van der Waals surface area contributed by atoms with Crippen molar-refractivity contribution in [3.8, 4) is 0 Å². The monoisotopic (exact) mass is 414 g/mol. The van der Waals surface area contributed by atoms with E-state index in [9.17, 15) is 14.4 Å². The van der Waals surface area contributed by atoms with Crippen LogP contribution in [0, 0.1) is 5.92 Å². The summed E-state index contributed by atoms with van der Waals surface area (Å²) in [5, 5.41) is 6.67. The maximum absolute atomic E-state index is 12.5. The van der Waals surface area contributed by atoms with Crippen molar-refractivity contribution < 1.29 is 19.1 Å². The number of hydrogen-bond donors (Lipinski definition) is 2. The Bertz CT molecular complexity index is 939. The minimum absolute atomic E-state index is 0.234. The van der Waals surface area contributed by atoms with Crippen molar-refractivity contribution in [2.75, 3.05) is 11.9 Å². The van der Waals surface area contributed by atoms with Gasteiger partial charge in [0.15, 0.2) is 0 Å². The second kappa shape index (κ2) is 9.42. The van der Waals surface area contributed by atoms with Crippen molar-refractivity contribution in [1.82, 2.24) is 10.4 Å². The van der Waals surface area contributed by atoms with Crippen LogP contribution < -0.4 is 10.7 Å². The molecule has 0 radical (unpaired) electrons. The van der Waals surface area contributed by atoms with Crippen LogP contribution in [0.3, 0.4) is 0 Å². The maximum Gasteiger partial charge on any atom is 0.341 e. The Labute approximate surface area is 172 Å². The maximum atomic E-state index is 12.5. The molecule has 2 N–H and O–H groups in total.